The molecule has 2 rings (SSSR count). The van der Waals surface area contributed by atoms with Crippen LogP contribution in [0.2, 0.25) is 0 Å². The van der Waals surface area contributed by atoms with Gasteiger partial charge in [-0.05, 0) is 45.6 Å². The number of nitrogens with two attached hydrogens (primary N) is 1. The Morgan fingerprint density at radius 3 is 2.40 bits per heavy atom. The Morgan fingerprint density at radius 1 is 1.20 bits per heavy atom. The first kappa shape index (κ1) is 23.8. The highest BCUT2D eigenvalue weighted by atomic mass is 16.5. The zero-order valence-electron chi connectivity index (χ0n) is 17.7. The molecular weight excluding hydrogens is 388 g/mol. The number of nitrogens with zero attached hydrogens (tertiary/aromatic N) is 1. The van der Waals surface area contributed by atoms with Gasteiger partial charge in [-0.1, -0.05) is 30.3 Å². The number of benzene rings is 1. The van der Waals surface area contributed by atoms with Gasteiger partial charge < -0.3 is 31.5 Å². The monoisotopic (exact) mass is 420 g/mol. The Kier molecular flexibility index (Phi) is 7.94. The summed E-state index contributed by atoms with van der Waals surface area (Å²) in [5.74, 6) is -3.42. The molecule has 1 aromatic carbocycles. The molecule has 1 heterocycles. The maximum atomic E-state index is 12.9. The first-order valence-electron chi connectivity index (χ1n) is 10.2. The fourth-order valence-electron chi connectivity index (χ4n) is 3.46. The molecule has 0 saturated carbocycles. The fourth-order valence-corrected chi connectivity index (χ4v) is 3.46. The second kappa shape index (κ2) is 10.0. The van der Waals surface area contributed by atoms with Gasteiger partial charge in [0, 0.05) is 6.54 Å². The van der Waals surface area contributed by atoms with E-state index in [1.165, 1.54) is 18.7 Å². The maximum absolute atomic E-state index is 12.9. The van der Waals surface area contributed by atoms with E-state index in [-0.39, 0.29) is 12.3 Å². The molecule has 0 unspecified atom stereocenters. The van der Waals surface area contributed by atoms with Crippen molar-refractivity contribution in [2.45, 2.75) is 70.0 Å². The molecule has 1 fully saturated rings. The van der Waals surface area contributed by atoms with Crippen LogP contribution >= 0.6 is 0 Å². The molecule has 0 bridgehead atoms. The average molecular weight is 421 g/mol. The van der Waals surface area contributed by atoms with E-state index in [4.69, 9.17) is 5.73 Å². The van der Waals surface area contributed by atoms with Crippen molar-refractivity contribution in [3.8, 4) is 0 Å². The summed E-state index contributed by atoms with van der Waals surface area (Å²) in [7, 11) is 0. The molecule has 6 N–H and O–H groups in total. The third-order valence-electron chi connectivity index (χ3n) is 5.24. The van der Waals surface area contributed by atoms with E-state index in [1.54, 1.807) is 6.92 Å². The second-order valence-corrected chi connectivity index (χ2v) is 8.05. The molecule has 0 spiro atoms. The highest BCUT2D eigenvalue weighted by Crippen LogP contribution is 2.20. The van der Waals surface area contributed by atoms with Crippen LogP contribution in [0.4, 0.5) is 0 Å². The van der Waals surface area contributed by atoms with Gasteiger partial charge in [0.05, 0.1) is 12.1 Å². The lowest BCUT2D eigenvalue weighted by atomic mass is 9.99. The number of likely N-dealkylation sites (tertiary alicyclic amines) is 1. The van der Waals surface area contributed by atoms with Crippen LogP contribution in [0.25, 0.3) is 0 Å². The number of aliphatic hydroxyl groups is 2. The summed E-state index contributed by atoms with van der Waals surface area (Å²) >= 11 is 0. The second-order valence-electron chi connectivity index (χ2n) is 8.05. The number of carbonyl (C=O) groups excluding carboxylic acids is 3. The molecule has 9 nitrogen and oxygen atoms in total. The van der Waals surface area contributed by atoms with E-state index in [1.807, 2.05) is 30.3 Å². The van der Waals surface area contributed by atoms with Crippen molar-refractivity contribution >= 4 is 17.7 Å². The normalized spacial score (nSPS) is 19.7. The number of carbonyl (C=O) groups is 3. The Bertz CT molecular complexity index is 748. The van der Waals surface area contributed by atoms with Crippen molar-refractivity contribution in [3.05, 3.63) is 35.9 Å². The predicted molar refractivity (Wildman–Crippen MR) is 111 cm³/mol. The summed E-state index contributed by atoms with van der Waals surface area (Å²) < 4.78 is 0. The van der Waals surface area contributed by atoms with Crippen molar-refractivity contribution in [1.82, 2.24) is 15.5 Å². The Morgan fingerprint density at radius 2 is 1.83 bits per heavy atom. The topological polar surface area (TPSA) is 145 Å². The third kappa shape index (κ3) is 6.25. The van der Waals surface area contributed by atoms with Crippen LogP contribution in [0.3, 0.4) is 0 Å². The quantitative estimate of drug-likeness (QED) is 0.350. The molecule has 0 aromatic heterocycles. The van der Waals surface area contributed by atoms with Crippen molar-refractivity contribution in [2.75, 3.05) is 6.54 Å². The van der Waals surface area contributed by atoms with E-state index in [0.717, 1.165) is 5.56 Å². The number of nitrogens with one attached hydrogen (secondary N) is 2. The Labute approximate surface area is 176 Å². The van der Waals surface area contributed by atoms with Crippen LogP contribution in [0.1, 0.15) is 39.2 Å². The van der Waals surface area contributed by atoms with Gasteiger partial charge in [0.15, 0.2) is 5.79 Å². The number of rotatable bonds is 8. The van der Waals surface area contributed by atoms with Gasteiger partial charge in [-0.25, -0.2) is 0 Å². The first-order valence-corrected chi connectivity index (χ1v) is 10.2. The minimum atomic E-state index is -2.14. The van der Waals surface area contributed by atoms with Crippen LogP contribution in [-0.4, -0.2) is 69.3 Å². The van der Waals surface area contributed by atoms with Crippen LogP contribution in [0, 0.1) is 0 Å². The van der Waals surface area contributed by atoms with Gasteiger partial charge in [-0.2, -0.15) is 0 Å². The summed E-state index contributed by atoms with van der Waals surface area (Å²) in [5.41, 5.74) is 6.36. The highest BCUT2D eigenvalue weighted by molar-refractivity contribution is 5.93. The van der Waals surface area contributed by atoms with Crippen LogP contribution < -0.4 is 16.4 Å². The average Bonchev–Trinajstić information content (AvgIpc) is 3.16. The Balaban J connectivity index is 2.07. The molecule has 3 amide bonds. The summed E-state index contributed by atoms with van der Waals surface area (Å²) in [6.07, 6.45) is 1.31. The van der Waals surface area contributed by atoms with E-state index in [2.05, 4.69) is 10.6 Å². The minimum Gasteiger partial charge on any atom is -0.364 e. The summed E-state index contributed by atoms with van der Waals surface area (Å²) in [5, 5.41) is 25.5. The fraction of sp³-hybridized carbons (Fsp3) is 0.571. The molecule has 4 atom stereocenters. The molecular formula is C21H32N4O5. The summed E-state index contributed by atoms with van der Waals surface area (Å²) in [4.78, 5) is 38.9. The number of hydrogen-bond acceptors (Lipinski definition) is 6. The Hall–Kier alpha value is -2.49. The van der Waals surface area contributed by atoms with Gasteiger partial charge >= 0.3 is 0 Å². The molecule has 1 aliphatic heterocycles. The number of amides is 3. The molecule has 9 heteroatoms. The lowest BCUT2D eigenvalue weighted by Gasteiger charge is -2.32. The van der Waals surface area contributed by atoms with E-state index < -0.39 is 41.8 Å². The summed E-state index contributed by atoms with van der Waals surface area (Å²) in [6.45, 7) is 4.66. The van der Waals surface area contributed by atoms with Crippen molar-refractivity contribution in [2.24, 2.45) is 5.73 Å². The van der Waals surface area contributed by atoms with Gasteiger partial charge in [0.1, 0.15) is 12.1 Å². The molecule has 1 aliphatic rings. The van der Waals surface area contributed by atoms with Crippen LogP contribution in [0.15, 0.2) is 30.3 Å². The van der Waals surface area contributed by atoms with Gasteiger partial charge in [-0.3, -0.25) is 14.4 Å². The van der Waals surface area contributed by atoms with Crippen LogP contribution in [-0.2, 0) is 20.8 Å². The van der Waals surface area contributed by atoms with E-state index in [0.29, 0.717) is 19.4 Å². The molecule has 0 aliphatic carbocycles. The first-order chi connectivity index (χ1) is 14.0. The largest absolute Gasteiger partial charge is 0.364 e. The van der Waals surface area contributed by atoms with Gasteiger partial charge in [0.2, 0.25) is 17.7 Å². The molecule has 1 saturated heterocycles. The van der Waals surface area contributed by atoms with Crippen LogP contribution in [0.5, 0.6) is 0 Å². The van der Waals surface area contributed by atoms with Gasteiger partial charge in [-0.15, -0.1) is 0 Å². The zero-order chi connectivity index (χ0) is 22.5. The summed E-state index contributed by atoms with van der Waals surface area (Å²) in [6, 6.07) is 5.90. The van der Waals surface area contributed by atoms with Gasteiger partial charge in [0.25, 0.3) is 0 Å². The molecule has 30 heavy (non-hydrogen) atoms. The highest BCUT2D eigenvalue weighted by Gasteiger charge is 2.39. The van der Waals surface area contributed by atoms with Crippen molar-refractivity contribution in [3.63, 3.8) is 0 Å². The third-order valence-corrected chi connectivity index (χ3v) is 5.24. The molecule has 0 radical (unpaired) electrons. The van der Waals surface area contributed by atoms with Crippen molar-refractivity contribution in [1.29, 1.82) is 0 Å². The number of hydrogen-bond donors (Lipinski definition) is 5. The minimum absolute atomic E-state index is 0.220. The zero-order valence-corrected chi connectivity index (χ0v) is 17.7. The lowest BCUT2D eigenvalue weighted by Crippen LogP contribution is -2.58. The maximum Gasteiger partial charge on any atom is 0.245 e. The molecule has 1 aromatic rings. The lowest BCUT2D eigenvalue weighted by molar-refractivity contribution is -0.172. The van der Waals surface area contributed by atoms with E-state index >= 15 is 0 Å². The smallest absolute Gasteiger partial charge is 0.245 e. The predicted octanol–water partition coefficient (Wildman–Crippen LogP) is -0.742. The SMILES string of the molecule is C[C@H](N)C(=O)N[C@@H](C)C(=O)N1CCC[C@H]1C(=O)N[C@@H](Cc1ccccc1)C(C)(O)O. The standard InChI is InChI=1S/C21H32N4O5/c1-13(22)18(26)23-14(2)20(28)25-11-7-10-16(25)19(27)24-17(21(3,29)30)12-15-8-5-4-6-9-15/h4-6,8-9,13-14,16-17,29-30H,7,10-12,22H2,1-3H3,(H,23,26)(H,24,27)/t13-,14-,16-,17-/m0/s1. The van der Waals surface area contributed by atoms with Crippen molar-refractivity contribution < 1.29 is 24.6 Å². The van der Waals surface area contributed by atoms with E-state index in [9.17, 15) is 24.6 Å². The molecule has 166 valence electrons.